The Morgan fingerprint density at radius 1 is 1.20 bits per heavy atom. The Balaban J connectivity index is 1.86. The Kier molecular flexibility index (Phi) is 4.19. The van der Waals surface area contributed by atoms with Gasteiger partial charge in [-0.3, -0.25) is 0 Å². The van der Waals surface area contributed by atoms with Crippen molar-refractivity contribution >= 4 is 10.8 Å². The highest BCUT2D eigenvalue weighted by Gasteiger charge is 2.17. The van der Waals surface area contributed by atoms with Crippen LogP contribution in [-0.2, 0) is 11.2 Å². The highest BCUT2D eigenvalue weighted by Crippen LogP contribution is 2.29. The summed E-state index contributed by atoms with van der Waals surface area (Å²) in [5.41, 5.74) is 6.99. The molecule has 20 heavy (non-hydrogen) atoms. The molecule has 1 saturated heterocycles. The van der Waals surface area contributed by atoms with Crippen LogP contribution in [0.25, 0.3) is 10.8 Å². The molecule has 0 aromatic heterocycles. The molecule has 1 fully saturated rings. The van der Waals surface area contributed by atoms with Crippen molar-refractivity contribution in [3.63, 3.8) is 0 Å². The SMILES string of the molecule is NCCc1c(OCC2CCOC2)ccc2ccccc12. The zero-order valence-electron chi connectivity index (χ0n) is 11.7. The molecule has 0 bridgehead atoms. The monoisotopic (exact) mass is 271 g/mol. The van der Waals surface area contributed by atoms with E-state index in [9.17, 15) is 0 Å². The quantitative estimate of drug-likeness (QED) is 0.909. The number of nitrogens with two attached hydrogens (primary N) is 1. The van der Waals surface area contributed by atoms with Gasteiger partial charge in [0.05, 0.1) is 13.2 Å². The molecular formula is C17H21NO2. The third-order valence-electron chi connectivity index (χ3n) is 3.89. The molecule has 0 aliphatic carbocycles. The van der Waals surface area contributed by atoms with Gasteiger partial charge in [0.2, 0.25) is 0 Å². The second-order valence-electron chi connectivity index (χ2n) is 5.34. The fourth-order valence-corrected chi connectivity index (χ4v) is 2.78. The van der Waals surface area contributed by atoms with E-state index in [-0.39, 0.29) is 0 Å². The Bertz CT molecular complexity index is 576. The van der Waals surface area contributed by atoms with E-state index >= 15 is 0 Å². The molecule has 3 rings (SSSR count). The van der Waals surface area contributed by atoms with E-state index in [1.54, 1.807) is 0 Å². The zero-order chi connectivity index (χ0) is 13.8. The molecule has 1 atom stereocenters. The number of rotatable bonds is 5. The number of ether oxygens (including phenoxy) is 2. The number of hydrogen-bond donors (Lipinski definition) is 1. The average Bonchev–Trinajstić information content (AvgIpc) is 3.00. The first-order valence-electron chi connectivity index (χ1n) is 7.29. The fourth-order valence-electron chi connectivity index (χ4n) is 2.78. The molecule has 1 aliphatic heterocycles. The van der Waals surface area contributed by atoms with Crippen LogP contribution < -0.4 is 10.5 Å². The Morgan fingerprint density at radius 2 is 2.10 bits per heavy atom. The second kappa shape index (κ2) is 6.25. The molecule has 0 spiro atoms. The summed E-state index contributed by atoms with van der Waals surface area (Å²) in [7, 11) is 0. The molecular weight excluding hydrogens is 250 g/mol. The van der Waals surface area contributed by atoms with Gasteiger partial charge in [-0.25, -0.2) is 0 Å². The van der Waals surface area contributed by atoms with E-state index in [1.807, 2.05) is 0 Å². The first-order chi connectivity index (χ1) is 9.88. The summed E-state index contributed by atoms with van der Waals surface area (Å²) in [6.07, 6.45) is 1.94. The maximum Gasteiger partial charge on any atom is 0.123 e. The molecule has 2 aromatic carbocycles. The molecule has 1 aliphatic rings. The van der Waals surface area contributed by atoms with Gasteiger partial charge in [-0.2, -0.15) is 0 Å². The minimum absolute atomic E-state index is 0.521. The Morgan fingerprint density at radius 3 is 2.90 bits per heavy atom. The van der Waals surface area contributed by atoms with Gasteiger partial charge in [0, 0.05) is 18.1 Å². The predicted molar refractivity (Wildman–Crippen MR) is 81.1 cm³/mol. The van der Waals surface area contributed by atoms with Gasteiger partial charge in [-0.1, -0.05) is 30.3 Å². The lowest BCUT2D eigenvalue weighted by atomic mass is 10.0. The van der Waals surface area contributed by atoms with Crippen LogP contribution in [0.1, 0.15) is 12.0 Å². The lowest BCUT2D eigenvalue weighted by Crippen LogP contribution is -2.13. The van der Waals surface area contributed by atoms with Crippen molar-refractivity contribution in [3.05, 3.63) is 42.0 Å². The average molecular weight is 271 g/mol. The highest BCUT2D eigenvalue weighted by molar-refractivity contribution is 5.87. The van der Waals surface area contributed by atoms with Crippen molar-refractivity contribution in [3.8, 4) is 5.75 Å². The van der Waals surface area contributed by atoms with Crippen LogP contribution in [0.4, 0.5) is 0 Å². The number of benzene rings is 2. The summed E-state index contributed by atoms with van der Waals surface area (Å²) < 4.78 is 11.4. The van der Waals surface area contributed by atoms with Crippen LogP contribution in [-0.4, -0.2) is 26.4 Å². The second-order valence-corrected chi connectivity index (χ2v) is 5.34. The Labute approximate surface area is 119 Å². The first-order valence-corrected chi connectivity index (χ1v) is 7.29. The van der Waals surface area contributed by atoms with E-state index in [0.717, 1.165) is 38.4 Å². The number of hydrogen-bond acceptors (Lipinski definition) is 3. The van der Waals surface area contributed by atoms with Crippen LogP contribution in [0.15, 0.2) is 36.4 Å². The van der Waals surface area contributed by atoms with Crippen molar-refractivity contribution in [1.29, 1.82) is 0 Å². The van der Waals surface area contributed by atoms with Gasteiger partial charge in [0.15, 0.2) is 0 Å². The van der Waals surface area contributed by atoms with Gasteiger partial charge in [0.1, 0.15) is 5.75 Å². The van der Waals surface area contributed by atoms with Crippen molar-refractivity contribution in [2.45, 2.75) is 12.8 Å². The molecule has 1 heterocycles. The third kappa shape index (κ3) is 2.79. The summed E-state index contributed by atoms with van der Waals surface area (Å²) in [5.74, 6) is 1.49. The molecule has 0 radical (unpaired) electrons. The summed E-state index contributed by atoms with van der Waals surface area (Å²) >= 11 is 0. The molecule has 106 valence electrons. The lowest BCUT2D eigenvalue weighted by molar-refractivity contribution is 0.167. The molecule has 2 N–H and O–H groups in total. The highest BCUT2D eigenvalue weighted by atomic mass is 16.5. The summed E-state index contributed by atoms with van der Waals surface area (Å²) in [6, 6.07) is 12.6. The summed E-state index contributed by atoms with van der Waals surface area (Å²) in [5, 5.41) is 2.49. The molecule has 3 heteroatoms. The van der Waals surface area contributed by atoms with Gasteiger partial charge >= 0.3 is 0 Å². The topological polar surface area (TPSA) is 44.5 Å². The van der Waals surface area contributed by atoms with E-state index in [1.165, 1.54) is 16.3 Å². The van der Waals surface area contributed by atoms with Crippen molar-refractivity contribution < 1.29 is 9.47 Å². The smallest absolute Gasteiger partial charge is 0.123 e. The normalized spacial score (nSPS) is 18.6. The molecule has 0 saturated carbocycles. The summed E-state index contributed by atoms with van der Waals surface area (Å²) in [4.78, 5) is 0. The minimum atomic E-state index is 0.521. The van der Waals surface area contributed by atoms with Gasteiger partial charge in [-0.15, -0.1) is 0 Å². The minimum Gasteiger partial charge on any atom is -0.493 e. The molecule has 1 unspecified atom stereocenters. The third-order valence-corrected chi connectivity index (χ3v) is 3.89. The molecule has 0 amide bonds. The van der Waals surface area contributed by atoms with Crippen LogP contribution in [0.3, 0.4) is 0 Å². The van der Waals surface area contributed by atoms with Gasteiger partial charge in [-0.05, 0) is 36.2 Å². The van der Waals surface area contributed by atoms with E-state index < -0.39 is 0 Å². The molecule has 2 aromatic rings. The summed E-state index contributed by atoms with van der Waals surface area (Å²) in [6.45, 7) is 3.05. The van der Waals surface area contributed by atoms with Crippen LogP contribution in [0, 0.1) is 5.92 Å². The van der Waals surface area contributed by atoms with Crippen molar-refractivity contribution in [1.82, 2.24) is 0 Å². The van der Waals surface area contributed by atoms with E-state index in [0.29, 0.717) is 12.5 Å². The zero-order valence-corrected chi connectivity index (χ0v) is 11.7. The Hall–Kier alpha value is -1.58. The van der Waals surface area contributed by atoms with Crippen molar-refractivity contribution in [2.24, 2.45) is 11.7 Å². The van der Waals surface area contributed by atoms with Crippen molar-refractivity contribution in [2.75, 3.05) is 26.4 Å². The first kappa shape index (κ1) is 13.4. The number of fused-ring (bicyclic) bond motifs is 1. The van der Waals surface area contributed by atoms with E-state index in [2.05, 4.69) is 36.4 Å². The predicted octanol–water partition coefficient (Wildman–Crippen LogP) is 2.76. The molecule has 3 nitrogen and oxygen atoms in total. The van der Waals surface area contributed by atoms with Gasteiger partial charge < -0.3 is 15.2 Å². The largest absolute Gasteiger partial charge is 0.493 e. The standard InChI is InChI=1S/C17H21NO2/c18-9-7-16-15-4-2-1-3-14(15)5-6-17(16)20-12-13-8-10-19-11-13/h1-6,13H,7-12,18H2. The van der Waals surface area contributed by atoms with Crippen LogP contribution >= 0.6 is 0 Å². The van der Waals surface area contributed by atoms with Crippen LogP contribution in [0.5, 0.6) is 5.75 Å². The maximum absolute atomic E-state index is 6.05. The van der Waals surface area contributed by atoms with Gasteiger partial charge in [0.25, 0.3) is 0 Å². The maximum atomic E-state index is 6.05. The van der Waals surface area contributed by atoms with Crippen LogP contribution in [0.2, 0.25) is 0 Å². The lowest BCUT2D eigenvalue weighted by Gasteiger charge is -2.16. The van der Waals surface area contributed by atoms with E-state index in [4.69, 9.17) is 15.2 Å². The fraction of sp³-hybridized carbons (Fsp3) is 0.412.